The van der Waals surface area contributed by atoms with Crippen molar-refractivity contribution >= 4 is 29.6 Å². The molecule has 4 amide bonds. The van der Waals surface area contributed by atoms with E-state index in [1.165, 1.54) is 6.92 Å². The van der Waals surface area contributed by atoms with Crippen LogP contribution in [0.5, 0.6) is 0 Å². The summed E-state index contributed by atoms with van der Waals surface area (Å²) in [7, 11) is 0. The van der Waals surface area contributed by atoms with Crippen LogP contribution in [0.3, 0.4) is 0 Å². The van der Waals surface area contributed by atoms with Gasteiger partial charge in [0.2, 0.25) is 17.7 Å². The van der Waals surface area contributed by atoms with E-state index in [0.29, 0.717) is 5.56 Å². The van der Waals surface area contributed by atoms with Crippen LogP contribution < -0.4 is 21.5 Å². The molecule has 2 atom stereocenters. The van der Waals surface area contributed by atoms with Crippen LogP contribution in [0.2, 0.25) is 0 Å². The third-order valence-corrected chi connectivity index (χ3v) is 3.79. The fourth-order valence-electron chi connectivity index (χ4n) is 2.29. The van der Waals surface area contributed by atoms with Crippen molar-refractivity contribution in [3.63, 3.8) is 0 Å². The fraction of sp³-hybridized carbons (Fsp3) is 0.389. The predicted molar refractivity (Wildman–Crippen MR) is 98.8 cm³/mol. The summed E-state index contributed by atoms with van der Waals surface area (Å²) in [6.45, 7) is 0.861. The Balaban J connectivity index is 2.49. The summed E-state index contributed by atoms with van der Waals surface area (Å²) in [5, 5.41) is 15.4. The molecule has 0 aliphatic rings. The molecule has 0 spiro atoms. The number of aliphatic carboxylic acids is 1. The topological polar surface area (TPSA) is 154 Å². The summed E-state index contributed by atoms with van der Waals surface area (Å²) in [5.74, 6) is -4.21. The zero-order chi connectivity index (χ0) is 21.8. The molecular weight excluding hydrogens is 387 g/mol. The van der Waals surface area contributed by atoms with E-state index in [2.05, 4.69) is 16.0 Å². The van der Waals surface area contributed by atoms with Crippen LogP contribution in [0.1, 0.15) is 25.3 Å². The maximum Gasteiger partial charge on any atom is 0.303 e. The predicted octanol–water partition coefficient (Wildman–Crippen LogP) is -0.800. The van der Waals surface area contributed by atoms with Gasteiger partial charge in [0.15, 0.2) is 0 Å². The first-order valence-electron chi connectivity index (χ1n) is 8.75. The van der Waals surface area contributed by atoms with Gasteiger partial charge in [0.25, 0.3) is 5.91 Å². The van der Waals surface area contributed by atoms with Crippen LogP contribution in [0.4, 0.5) is 4.48 Å². The van der Waals surface area contributed by atoms with Gasteiger partial charge in [0.05, 0.1) is 13.0 Å². The summed E-state index contributed by atoms with van der Waals surface area (Å²) in [6.07, 6.45) is -0.610. The highest BCUT2D eigenvalue weighted by Crippen LogP contribution is 2.03. The molecule has 0 aliphatic carbocycles. The summed E-state index contributed by atoms with van der Waals surface area (Å²) < 4.78 is 12.5. The van der Waals surface area contributed by atoms with E-state index >= 15 is 0 Å². The number of benzene rings is 1. The molecule has 0 bridgehead atoms. The lowest BCUT2D eigenvalue weighted by molar-refractivity contribution is -0.139. The molecule has 0 fully saturated rings. The number of amides is 4. The Morgan fingerprint density at radius 3 is 2.21 bits per heavy atom. The van der Waals surface area contributed by atoms with Crippen molar-refractivity contribution in [2.24, 2.45) is 0 Å². The normalized spacial score (nSPS) is 12.2. The highest BCUT2D eigenvalue weighted by molar-refractivity contribution is 5.92. The van der Waals surface area contributed by atoms with Crippen molar-refractivity contribution in [1.82, 2.24) is 21.5 Å². The van der Waals surface area contributed by atoms with E-state index < -0.39 is 48.2 Å². The van der Waals surface area contributed by atoms with Crippen LogP contribution in [0, 0.1) is 0 Å². The molecule has 1 aromatic carbocycles. The largest absolute Gasteiger partial charge is 0.481 e. The monoisotopic (exact) mass is 410 g/mol. The minimum absolute atomic E-state index is 0.0479. The van der Waals surface area contributed by atoms with Crippen molar-refractivity contribution in [2.75, 3.05) is 6.54 Å². The Labute approximate surface area is 166 Å². The lowest BCUT2D eigenvalue weighted by Crippen LogP contribution is -2.51. The highest BCUT2D eigenvalue weighted by atomic mass is 19.2. The van der Waals surface area contributed by atoms with Gasteiger partial charge < -0.3 is 21.1 Å². The maximum absolute atomic E-state index is 12.5. The van der Waals surface area contributed by atoms with E-state index in [0.717, 1.165) is 5.54 Å². The van der Waals surface area contributed by atoms with E-state index in [-0.39, 0.29) is 19.3 Å². The standard InChI is InChI=1S/C18H23FN4O6/c1-11(21-14(24)7-8-16(26)27)17(28)20-10-15(25)22-13(18(29)23-19)9-12-5-3-2-4-6-12/h2-6,11,13H,7-10H2,1H3,(H,20,28)(H,21,24)(H,22,25)(H,23,29)(H,26,27)/t11-,13-/m0/s1. The zero-order valence-electron chi connectivity index (χ0n) is 15.7. The second kappa shape index (κ2) is 12.1. The van der Waals surface area contributed by atoms with Crippen molar-refractivity contribution in [3.05, 3.63) is 35.9 Å². The molecule has 10 nitrogen and oxygen atoms in total. The Bertz CT molecular complexity index is 743. The molecule has 0 heterocycles. The van der Waals surface area contributed by atoms with Crippen LogP contribution in [-0.2, 0) is 30.4 Å². The molecule has 11 heteroatoms. The first-order chi connectivity index (χ1) is 13.7. The lowest BCUT2D eigenvalue weighted by atomic mass is 10.1. The summed E-state index contributed by atoms with van der Waals surface area (Å²) in [4.78, 5) is 57.5. The summed E-state index contributed by atoms with van der Waals surface area (Å²) in [5.41, 5.74) is 1.68. The molecule has 0 saturated heterocycles. The number of hydrogen-bond donors (Lipinski definition) is 5. The molecule has 0 aromatic heterocycles. The number of nitrogens with one attached hydrogen (secondary N) is 4. The van der Waals surface area contributed by atoms with Gasteiger partial charge in [-0.2, -0.15) is 5.54 Å². The Morgan fingerprint density at radius 2 is 1.62 bits per heavy atom. The minimum atomic E-state index is -1.18. The first kappa shape index (κ1) is 23.5. The molecule has 29 heavy (non-hydrogen) atoms. The number of halogens is 1. The van der Waals surface area contributed by atoms with Gasteiger partial charge >= 0.3 is 5.97 Å². The van der Waals surface area contributed by atoms with Gasteiger partial charge in [-0.15, -0.1) is 4.48 Å². The number of hydrogen-bond acceptors (Lipinski definition) is 5. The third-order valence-electron chi connectivity index (χ3n) is 3.79. The van der Waals surface area contributed by atoms with Crippen molar-refractivity contribution in [3.8, 4) is 0 Å². The maximum atomic E-state index is 12.5. The summed E-state index contributed by atoms with van der Waals surface area (Å²) in [6, 6.07) is 6.46. The Hall–Kier alpha value is -3.50. The second-order valence-electron chi connectivity index (χ2n) is 6.17. The van der Waals surface area contributed by atoms with Gasteiger partial charge in [-0.1, -0.05) is 30.3 Å². The first-order valence-corrected chi connectivity index (χ1v) is 8.75. The van der Waals surface area contributed by atoms with Crippen molar-refractivity contribution in [2.45, 2.75) is 38.3 Å². The second-order valence-corrected chi connectivity index (χ2v) is 6.17. The number of carboxylic acid groups (broad SMARTS) is 1. The fourth-order valence-corrected chi connectivity index (χ4v) is 2.29. The zero-order valence-corrected chi connectivity index (χ0v) is 15.7. The highest BCUT2D eigenvalue weighted by Gasteiger charge is 2.22. The van der Waals surface area contributed by atoms with Crippen LogP contribution in [-0.4, -0.2) is 53.3 Å². The van der Waals surface area contributed by atoms with Crippen molar-refractivity contribution in [1.29, 1.82) is 0 Å². The summed E-state index contributed by atoms with van der Waals surface area (Å²) >= 11 is 0. The number of carboxylic acids is 1. The number of rotatable bonds is 11. The SMILES string of the molecule is C[C@H](NC(=O)CCC(=O)O)C(=O)NCC(=O)N[C@@H](Cc1ccccc1)C(=O)NF. The van der Waals surface area contributed by atoms with Crippen LogP contribution in [0.15, 0.2) is 30.3 Å². The number of carbonyl (C=O) groups is 5. The number of carbonyl (C=O) groups excluding carboxylic acids is 4. The minimum Gasteiger partial charge on any atom is -0.481 e. The van der Waals surface area contributed by atoms with Crippen LogP contribution >= 0.6 is 0 Å². The van der Waals surface area contributed by atoms with Gasteiger partial charge in [-0.3, -0.25) is 24.0 Å². The Morgan fingerprint density at radius 1 is 0.966 bits per heavy atom. The quantitative estimate of drug-likeness (QED) is 0.301. The average Bonchev–Trinajstić information content (AvgIpc) is 2.70. The molecule has 5 N–H and O–H groups in total. The third kappa shape index (κ3) is 9.31. The van der Waals surface area contributed by atoms with E-state index in [9.17, 15) is 28.5 Å². The molecule has 0 radical (unpaired) electrons. The van der Waals surface area contributed by atoms with E-state index in [4.69, 9.17) is 5.11 Å². The van der Waals surface area contributed by atoms with E-state index in [1.807, 2.05) is 0 Å². The van der Waals surface area contributed by atoms with Gasteiger partial charge in [0.1, 0.15) is 12.1 Å². The molecule has 0 unspecified atom stereocenters. The van der Waals surface area contributed by atoms with Gasteiger partial charge in [-0.25, -0.2) is 0 Å². The lowest BCUT2D eigenvalue weighted by Gasteiger charge is -2.17. The van der Waals surface area contributed by atoms with Crippen molar-refractivity contribution < 1.29 is 33.6 Å². The van der Waals surface area contributed by atoms with E-state index in [1.54, 1.807) is 30.3 Å². The molecule has 158 valence electrons. The molecular formula is C18H23FN4O6. The molecule has 0 aliphatic heterocycles. The van der Waals surface area contributed by atoms with Gasteiger partial charge in [-0.05, 0) is 12.5 Å². The average molecular weight is 410 g/mol. The van der Waals surface area contributed by atoms with Crippen LogP contribution in [0.25, 0.3) is 0 Å². The smallest absolute Gasteiger partial charge is 0.303 e. The Kier molecular flexibility index (Phi) is 9.79. The molecule has 1 aromatic rings. The molecule has 0 saturated carbocycles. The van der Waals surface area contributed by atoms with Gasteiger partial charge in [0, 0.05) is 12.8 Å². The molecule has 1 rings (SSSR count).